The number of para-hydroxylation sites is 1. The van der Waals surface area contributed by atoms with Gasteiger partial charge in [0, 0.05) is 19.0 Å². The molecular formula is C19H24N2O. The monoisotopic (exact) mass is 296 g/mol. The molecule has 1 saturated carbocycles. The lowest BCUT2D eigenvalue weighted by atomic mass is 9.90. The predicted molar refractivity (Wildman–Crippen MR) is 90.3 cm³/mol. The normalized spacial score (nSPS) is 20.4. The van der Waals surface area contributed by atoms with Crippen molar-refractivity contribution in [2.24, 2.45) is 10.9 Å². The van der Waals surface area contributed by atoms with Crippen molar-refractivity contribution >= 4 is 11.5 Å². The third-order valence-corrected chi connectivity index (χ3v) is 4.30. The van der Waals surface area contributed by atoms with Gasteiger partial charge in [-0.15, -0.1) is 0 Å². The highest BCUT2D eigenvalue weighted by Gasteiger charge is 2.15. The lowest BCUT2D eigenvalue weighted by Gasteiger charge is -2.27. The molecule has 0 spiro atoms. The molecule has 0 N–H and O–H groups in total. The molecular weight excluding hydrogens is 272 g/mol. The largest absolute Gasteiger partial charge is 0.378 e. The molecule has 1 aromatic rings. The van der Waals surface area contributed by atoms with Crippen LogP contribution in [0.2, 0.25) is 0 Å². The fourth-order valence-corrected chi connectivity index (χ4v) is 2.99. The molecule has 22 heavy (non-hydrogen) atoms. The summed E-state index contributed by atoms with van der Waals surface area (Å²) in [5.74, 6) is 8.31. The van der Waals surface area contributed by atoms with E-state index in [-0.39, 0.29) is 0 Å². The minimum Gasteiger partial charge on any atom is -0.378 e. The number of amidine groups is 1. The maximum atomic E-state index is 5.45. The van der Waals surface area contributed by atoms with Crippen LogP contribution in [0.15, 0.2) is 35.3 Å². The van der Waals surface area contributed by atoms with Gasteiger partial charge < -0.3 is 9.64 Å². The van der Waals surface area contributed by atoms with Crippen LogP contribution in [0, 0.1) is 17.8 Å². The number of rotatable bonds is 1. The molecule has 0 bridgehead atoms. The number of morpholine rings is 1. The summed E-state index contributed by atoms with van der Waals surface area (Å²) in [5, 5.41) is 0. The molecule has 1 heterocycles. The van der Waals surface area contributed by atoms with Crippen LogP contribution in [0.1, 0.15) is 32.1 Å². The SMILES string of the molecule is C(#CC1CCCCC1)C(=Nc1ccccc1)N1CCOCC1. The highest BCUT2D eigenvalue weighted by Crippen LogP contribution is 2.22. The van der Waals surface area contributed by atoms with E-state index in [0.717, 1.165) is 37.8 Å². The van der Waals surface area contributed by atoms with Gasteiger partial charge in [0.1, 0.15) is 0 Å². The van der Waals surface area contributed by atoms with Crippen molar-refractivity contribution in [3.8, 4) is 11.8 Å². The molecule has 2 fully saturated rings. The van der Waals surface area contributed by atoms with Crippen LogP contribution in [0.3, 0.4) is 0 Å². The van der Waals surface area contributed by atoms with Gasteiger partial charge in [0.2, 0.25) is 0 Å². The smallest absolute Gasteiger partial charge is 0.181 e. The van der Waals surface area contributed by atoms with Crippen LogP contribution in [-0.4, -0.2) is 37.0 Å². The van der Waals surface area contributed by atoms with Gasteiger partial charge in [0.15, 0.2) is 5.84 Å². The summed E-state index contributed by atoms with van der Waals surface area (Å²) in [5.41, 5.74) is 0.974. The molecule has 3 rings (SSSR count). The molecule has 1 aromatic carbocycles. The van der Waals surface area contributed by atoms with Gasteiger partial charge in [-0.25, -0.2) is 4.99 Å². The quantitative estimate of drug-likeness (QED) is 0.449. The van der Waals surface area contributed by atoms with E-state index in [1.54, 1.807) is 0 Å². The van der Waals surface area contributed by atoms with Crippen molar-refractivity contribution in [2.75, 3.05) is 26.3 Å². The van der Waals surface area contributed by atoms with Crippen LogP contribution in [0.4, 0.5) is 5.69 Å². The number of hydrogen-bond acceptors (Lipinski definition) is 2. The Kier molecular flexibility index (Phi) is 5.50. The minimum absolute atomic E-state index is 0.552. The summed E-state index contributed by atoms with van der Waals surface area (Å²) in [6, 6.07) is 10.1. The molecule has 0 aromatic heterocycles. The number of benzene rings is 1. The Balaban J connectivity index is 1.79. The van der Waals surface area contributed by atoms with Crippen molar-refractivity contribution in [1.29, 1.82) is 0 Å². The van der Waals surface area contributed by atoms with Gasteiger partial charge >= 0.3 is 0 Å². The van der Waals surface area contributed by atoms with Crippen LogP contribution in [0.25, 0.3) is 0 Å². The van der Waals surface area contributed by atoms with E-state index < -0.39 is 0 Å². The molecule has 1 aliphatic heterocycles. The summed E-state index contributed by atoms with van der Waals surface area (Å²) in [6.45, 7) is 3.29. The zero-order valence-electron chi connectivity index (χ0n) is 13.1. The summed E-state index contributed by atoms with van der Waals surface area (Å²) in [7, 11) is 0. The maximum absolute atomic E-state index is 5.45. The number of hydrogen-bond donors (Lipinski definition) is 0. The van der Waals surface area contributed by atoms with Crippen molar-refractivity contribution in [3.63, 3.8) is 0 Å². The first kappa shape index (κ1) is 15.1. The van der Waals surface area contributed by atoms with E-state index in [1.165, 1.54) is 32.1 Å². The average molecular weight is 296 g/mol. The van der Waals surface area contributed by atoms with Crippen LogP contribution < -0.4 is 0 Å². The zero-order valence-corrected chi connectivity index (χ0v) is 13.1. The second-order valence-corrected chi connectivity index (χ2v) is 5.97. The Morgan fingerprint density at radius 2 is 1.77 bits per heavy atom. The molecule has 1 aliphatic carbocycles. The molecule has 116 valence electrons. The highest BCUT2D eigenvalue weighted by molar-refractivity contribution is 6.00. The Bertz CT molecular complexity index is 544. The zero-order chi connectivity index (χ0) is 15.0. The summed E-state index contributed by atoms with van der Waals surface area (Å²) < 4.78 is 5.45. The van der Waals surface area contributed by atoms with E-state index in [0.29, 0.717) is 5.92 Å². The van der Waals surface area contributed by atoms with Gasteiger partial charge in [-0.05, 0) is 30.9 Å². The number of ether oxygens (including phenoxy) is 1. The molecule has 0 unspecified atom stereocenters. The minimum atomic E-state index is 0.552. The third kappa shape index (κ3) is 4.35. The van der Waals surface area contributed by atoms with E-state index in [1.807, 2.05) is 30.3 Å². The first-order chi connectivity index (χ1) is 10.9. The molecule has 2 aliphatic rings. The summed E-state index contributed by atoms with van der Waals surface area (Å²) in [4.78, 5) is 7.04. The molecule has 0 atom stereocenters. The van der Waals surface area contributed by atoms with Crippen LogP contribution >= 0.6 is 0 Å². The fraction of sp³-hybridized carbons (Fsp3) is 0.526. The second kappa shape index (κ2) is 8.00. The van der Waals surface area contributed by atoms with Crippen LogP contribution in [-0.2, 0) is 4.74 Å². The van der Waals surface area contributed by atoms with Crippen molar-refractivity contribution in [3.05, 3.63) is 30.3 Å². The van der Waals surface area contributed by atoms with Crippen molar-refractivity contribution in [2.45, 2.75) is 32.1 Å². The van der Waals surface area contributed by atoms with Gasteiger partial charge in [0.05, 0.1) is 18.9 Å². The van der Waals surface area contributed by atoms with Gasteiger partial charge in [-0.1, -0.05) is 43.4 Å². The Labute approximate surface area is 133 Å². The van der Waals surface area contributed by atoms with Gasteiger partial charge in [-0.3, -0.25) is 0 Å². The lowest BCUT2D eigenvalue weighted by Crippen LogP contribution is -2.40. The summed E-state index contributed by atoms with van der Waals surface area (Å²) in [6.07, 6.45) is 6.50. The maximum Gasteiger partial charge on any atom is 0.181 e. The summed E-state index contributed by atoms with van der Waals surface area (Å²) >= 11 is 0. The van der Waals surface area contributed by atoms with Crippen molar-refractivity contribution in [1.82, 2.24) is 4.90 Å². The third-order valence-electron chi connectivity index (χ3n) is 4.30. The first-order valence-corrected chi connectivity index (χ1v) is 8.40. The molecule has 0 amide bonds. The number of nitrogens with zero attached hydrogens (tertiary/aromatic N) is 2. The topological polar surface area (TPSA) is 24.8 Å². The Morgan fingerprint density at radius 1 is 1.05 bits per heavy atom. The molecule has 3 heteroatoms. The van der Waals surface area contributed by atoms with Gasteiger partial charge in [0.25, 0.3) is 0 Å². The highest BCUT2D eigenvalue weighted by atomic mass is 16.5. The average Bonchev–Trinajstić information content (AvgIpc) is 2.61. The van der Waals surface area contributed by atoms with Crippen molar-refractivity contribution < 1.29 is 4.74 Å². The van der Waals surface area contributed by atoms with Crippen LogP contribution in [0.5, 0.6) is 0 Å². The van der Waals surface area contributed by atoms with E-state index >= 15 is 0 Å². The molecule has 1 saturated heterocycles. The molecule has 0 radical (unpaired) electrons. The van der Waals surface area contributed by atoms with Gasteiger partial charge in [-0.2, -0.15) is 0 Å². The number of aliphatic imine (C=N–C) groups is 1. The predicted octanol–water partition coefficient (Wildman–Crippen LogP) is 3.63. The Hall–Kier alpha value is -1.79. The fourth-order valence-electron chi connectivity index (χ4n) is 2.99. The molecule has 3 nitrogen and oxygen atoms in total. The van der Waals surface area contributed by atoms with E-state index in [2.05, 4.69) is 16.7 Å². The lowest BCUT2D eigenvalue weighted by molar-refractivity contribution is 0.0687. The standard InChI is InChI=1S/C19H24N2O/c1-3-7-17(8-4-1)11-12-19(21-13-15-22-16-14-21)20-18-9-5-2-6-10-18/h2,5-6,9-10,17H,1,3-4,7-8,13-16H2. The Morgan fingerprint density at radius 3 is 2.50 bits per heavy atom. The van der Waals surface area contributed by atoms with E-state index in [4.69, 9.17) is 9.73 Å². The first-order valence-electron chi connectivity index (χ1n) is 8.40. The van der Waals surface area contributed by atoms with E-state index in [9.17, 15) is 0 Å². The second-order valence-electron chi connectivity index (χ2n) is 5.97.